The predicted molar refractivity (Wildman–Crippen MR) is 101 cm³/mol. The Bertz CT molecular complexity index is 429. The summed E-state index contributed by atoms with van der Waals surface area (Å²) in [4.78, 5) is 4.47. The number of rotatable bonds is 7. The van der Waals surface area contributed by atoms with E-state index in [0.717, 1.165) is 18.9 Å². The van der Waals surface area contributed by atoms with Crippen LogP contribution >= 0.6 is 35.6 Å². The van der Waals surface area contributed by atoms with Gasteiger partial charge in [-0.2, -0.15) is 0 Å². The second kappa shape index (κ2) is 11.9. The number of hydrogen-bond acceptors (Lipinski definition) is 2. The Morgan fingerprint density at radius 3 is 2.67 bits per heavy atom. The summed E-state index contributed by atoms with van der Waals surface area (Å²) in [5.41, 5.74) is 0. The molecule has 0 aliphatic heterocycles. The van der Waals surface area contributed by atoms with E-state index in [1.807, 2.05) is 31.2 Å². The summed E-state index contributed by atoms with van der Waals surface area (Å²) < 4.78 is 5.60. The molecule has 1 aromatic carbocycles. The smallest absolute Gasteiger partial charge is 0.191 e. The summed E-state index contributed by atoms with van der Waals surface area (Å²) >= 11 is 6.02. The van der Waals surface area contributed by atoms with E-state index in [4.69, 9.17) is 16.3 Å². The van der Waals surface area contributed by atoms with Gasteiger partial charge >= 0.3 is 0 Å². The Balaban J connectivity index is 0.00000400. The molecule has 0 aliphatic rings. The summed E-state index contributed by atoms with van der Waals surface area (Å²) in [6, 6.07) is 7.85. The topological polar surface area (TPSA) is 45.7 Å². The van der Waals surface area contributed by atoms with Gasteiger partial charge in [0.25, 0.3) is 0 Å². The Kier molecular flexibility index (Phi) is 11.5. The number of aliphatic imine (C=N–C) groups is 1. The molecular weight excluding hydrogens is 401 g/mol. The number of para-hydroxylation sites is 1. The number of nitrogens with one attached hydrogen (secondary N) is 2. The molecule has 0 fully saturated rings. The maximum Gasteiger partial charge on any atom is 0.191 e. The summed E-state index contributed by atoms with van der Waals surface area (Å²) in [7, 11) is 0. The quantitative estimate of drug-likeness (QED) is 0.303. The summed E-state index contributed by atoms with van der Waals surface area (Å²) in [6.07, 6.45) is 1.06. The monoisotopic (exact) mass is 425 g/mol. The van der Waals surface area contributed by atoms with Crippen LogP contribution < -0.4 is 15.4 Å². The third kappa shape index (κ3) is 8.36. The molecule has 0 spiro atoms. The first kappa shape index (κ1) is 20.3. The van der Waals surface area contributed by atoms with Crippen LogP contribution in [-0.4, -0.2) is 31.7 Å². The minimum absolute atomic E-state index is 0. The Hall–Kier alpha value is -0.690. The number of guanidine groups is 1. The number of ether oxygens (including phenoxy) is 1. The van der Waals surface area contributed by atoms with Crippen LogP contribution in [0.4, 0.5) is 0 Å². The van der Waals surface area contributed by atoms with Gasteiger partial charge in [0.2, 0.25) is 0 Å². The second-order valence-electron chi connectivity index (χ2n) is 4.49. The fraction of sp³-hybridized carbons (Fsp3) is 0.533. The van der Waals surface area contributed by atoms with Crippen molar-refractivity contribution in [3.8, 4) is 5.75 Å². The SMILES string of the molecule is CCNC(=NCCOc1ccccc1Cl)NC(C)CC.I. The van der Waals surface area contributed by atoms with Gasteiger partial charge in [0.1, 0.15) is 12.4 Å². The van der Waals surface area contributed by atoms with Crippen LogP contribution in [0.1, 0.15) is 27.2 Å². The van der Waals surface area contributed by atoms with Crippen molar-refractivity contribution in [2.75, 3.05) is 19.7 Å². The molecule has 0 aromatic heterocycles. The van der Waals surface area contributed by atoms with E-state index in [1.54, 1.807) is 0 Å². The maximum atomic E-state index is 6.02. The normalized spacial score (nSPS) is 12.3. The predicted octanol–water partition coefficient (Wildman–Crippen LogP) is 3.69. The van der Waals surface area contributed by atoms with Gasteiger partial charge in [-0.3, -0.25) is 0 Å². The third-order valence-electron chi connectivity index (χ3n) is 2.80. The first-order valence-electron chi connectivity index (χ1n) is 7.09. The van der Waals surface area contributed by atoms with Gasteiger partial charge in [-0.05, 0) is 32.4 Å². The average molecular weight is 426 g/mol. The van der Waals surface area contributed by atoms with Crippen LogP contribution in [0.25, 0.3) is 0 Å². The van der Waals surface area contributed by atoms with E-state index < -0.39 is 0 Å². The Morgan fingerprint density at radius 2 is 2.05 bits per heavy atom. The molecule has 1 aromatic rings. The Morgan fingerprint density at radius 1 is 1.33 bits per heavy atom. The minimum Gasteiger partial charge on any atom is -0.490 e. The highest BCUT2D eigenvalue weighted by Crippen LogP contribution is 2.22. The number of nitrogens with zero attached hydrogens (tertiary/aromatic N) is 1. The first-order chi connectivity index (χ1) is 9.67. The van der Waals surface area contributed by atoms with Gasteiger partial charge in [0.15, 0.2) is 5.96 Å². The standard InChI is InChI=1S/C15H24ClN3O.HI/c1-4-12(3)19-15(17-5-2)18-10-11-20-14-9-7-6-8-13(14)16;/h6-9,12H,4-5,10-11H2,1-3H3,(H2,17,18,19);1H. The molecule has 0 heterocycles. The first-order valence-corrected chi connectivity index (χ1v) is 7.47. The molecule has 0 aliphatic carbocycles. The highest BCUT2D eigenvalue weighted by Gasteiger charge is 2.02. The average Bonchev–Trinajstić information content (AvgIpc) is 2.45. The summed E-state index contributed by atoms with van der Waals surface area (Å²) in [5, 5.41) is 7.18. The minimum atomic E-state index is 0. The summed E-state index contributed by atoms with van der Waals surface area (Å²) in [5.74, 6) is 1.52. The van der Waals surface area contributed by atoms with Crippen LogP contribution in [0.5, 0.6) is 5.75 Å². The van der Waals surface area contributed by atoms with Crippen molar-refractivity contribution in [1.82, 2.24) is 10.6 Å². The lowest BCUT2D eigenvalue weighted by molar-refractivity contribution is 0.328. The van der Waals surface area contributed by atoms with Crippen molar-refractivity contribution >= 4 is 41.5 Å². The van der Waals surface area contributed by atoms with E-state index in [1.165, 1.54) is 0 Å². The van der Waals surface area contributed by atoms with Crippen LogP contribution in [-0.2, 0) is 0 Å². The molecule has 1 rings (SSSR count). The van der Waals surface area contributed by atoms with Crippen molar-refractivity contribution in [2.24, 2.45) is 4.99 Å². The highest BCUT2D eigenvalue weighted by atomic mass is 127. The number of halogens is 2. The molecule has 4 nitrogen and oxygen atoms in total. The molecule has 0 amide bonds. The zero-order valence-electron chi connectivity index (χ0n) is 12.9. The molecule has 0 saturated heterocycles. The lowest BCUT2D eigenvalue weighted by Gasteiger charge is -2.16. The molecule has 1 atom stereocenters. The maximum absolute atomic E-state index is 6.02. The van der Waals surface area contributed by atoms with Gasteiger partial charge in [-0.15, -0.1) is 24.0 Å². The van der Waals surface area contributed by atoms with E-state index >= 15 is 0 Å². The largest absolute Gasteiger partial charge is 0.490 e. The van der Waals surface area contributed by atoms with Crippen LogP contribution in [0.2, 0.25) is 5.02 Å². The van der Waals surface area contributed by atoms with Gasteiger partial charge < -0.3 is 15.4 Å². The number of benzene rings is 1. The van der Waals surface area contributed by atoms with Crippen molar-refractivity contribution < 1.29 is 4.74 Å². The van der Waals surface area contributed by atoms with Crippen LogP contribution in [0.15, 0.2) is 29.3 Å². The van der Waals surface area contributed by atoms with Gasteiger partial charge in [0.05, 0.1) is 11.6 Å². The fourth-order valence-corrected chi connectivity index (χ4v) is 1.72. The molecule has 0 radical (unpaired) electrons. The van der Waals surface area contributed by atoms with Crippen molar-refractivity contribution in [2.45, 2.75) is 33.2 Å². The van der Waals surface area contributed by atoms with Crippen LogP contribution in [0.3, 0.4) is 0 Å². The molecule has 2 N–H and O–H groups in total. The summed E-state index contributed by atoms with van der Waals surface area (Å²) in [6.45, 7) is 8.24. The van der Waals surface area contributed by atoms with Crippen molar-refractivity contribution in [1.29, 1.82) is 0 Å². The number of hydrogen-bond donors (Lipinski definition) is 2. The van der Waals surface area contributed by atoms with Gasteiger partial charge in [-0.1, -0.05) is 30.7 Å². The fourth-order valence-electron chi connectivity index (χ4n) is 1.53. The van der Waals surface area contributed by atoms with Crippen LogP contribution in [0, 0.1) is 0 Å². The Labute approximate surface area is 149 Å². The lowest BCUT2D eigenvalue weighted by Crippen LogP contribution is -2.42. The molecule has 21 heavy (non-hydrogen) atoms. The lowest BCUT2D eigenvalue weighted by atomic mass is 10.3. The molecule has 6 heteroatoms. The van der Waals surface area contributed by atoms with E-state index in [-0.39, 0.29) is 24.0 Å². The molecule has 120 valence electrons. The van der Waals surface area contributed by atoms with E-state index in [2.05, 4.69) is 29.5 Å². The third-order valence-corrected chi connectivity index (χ3v) is 3.11. The van der Waals surface area contributed by atoms with E-state index in [0.29, 0.717) is 30.0 Å². The molecule has 0 bridgehead atoms. The molecular formula is C15H25ClIN3O. The van der Waals surface area contributed by atoms with Gasteiger partial charge in [0, 0.05) is 12.6 Å². The van der Waals surface area contributed by atoms with Gasteiger partial charge in [-0.25, -0.2) is 4.99 Å². The van der Waals surface area contributed by atoms with Crippen molar-refractivity contribution in [3.05, 3.63) is 29.3 Å². The zero-order valence-corrected chi connectivity index (χ0v) is 15.9. The zero-order chi connectivity index (χ0) is 14.8. The highest BCUT2D eigenvalue weighted by molar-refractivity contribution is 14.0. The molecule has 1 unspecified atom stereocenters. The van der Waals surface area contributed by atoms with E-state index in [9.17, 15) is 0 Å². The second-order valence-corrected chi connectivity index (χ2v) is 4.90. The molecule has 0 saturated carbocycles. The van der Waals surface area contributed by atoms with Crippen molar-refractivity contribution in [3.63, 3.8) is 0 Å².